The number of hydrogen-bond acceptors (Lipinski definition) is 15. The van der Waals surface area contributed by atoms with Gasteiger partial charge in [0.05, 0.1) is 26.4 Å². The van der Waals surface area contributed by atoms with Crippen molar-refractivity contribution in [3.05, 3.63) is 71.0 Å². The van der Waals surface area contributed by atoms with E-state index in [1.54, 1.807) is 31.2 Å². The molecule has 0 saturated carbocycles. The maximum atomic E-state index is 13.9. The highest BCUT2D eigenvalue weighted by molar-refractivity contribution is 6.02. The SMILES string of the molecule is C[C@H](Cc1ccc(O)cc1)NC(=O)c1nc(N)c(C(=O)N[C@@H](CCCNC(=N)N)C(=O)NC(Cc2ccc(O)cc2)C(=O)NCCCOCCOCCOCCCN)nc1N. The summed E-state index contributed by atoms with van der Waals surface area (Å²) in [6, 6.07) is 9.90. The predicted molar refractivity (Wildman–Crippen MR) is 227 cm³/mol. The Bertz CT molecular complexity index is 1850. The number of hydrogen-bond donors (Lipinski definition) is 12. The number of rotatable bonds is 28. The number of nitrogen functional groups attached to an aromatic ring is 2. The number of carbonyl (C=O) groups excluding carboxylic acids is 4. The number of nitrogens with two attached hydrogens (primary N) is 4. The lowest BCUT2D eigenvalue weighted by Gasteiger charge is -2.24. The van der Waals surface area contributed by atoms with Gasteiger partial charge in [0.2, 0.25) is 11.8 Å². The molecule has 3 aromatic rings. The third kappa shape index (κ3) is 18.7. The molecule has 0 aliphatic carbocycles. The first-order valence-electron chi connectivity index (χ1n) is 20.0. The molecule has 1 aromatic heterocycles. The maximum absolute atomic E-state index is 13.9. The first-order chi connectivity index (χ1) is 29.3. The van der Waals surface area contributed by atoms with E-state index in [9.17, 15) is 29.4 Å². The number of anilines is 2. The van der Waals surface area contributed by atoms with E-state index in [1.807, 2.05) is 0 Å². The van der Waals surface area contributed by atoms with Gasteiger partial charge in [-0.05, 0) is 81.0 Å². The van der Waals surface area contributed by atoms with Crippen molar-refractivity contribution in [3.8, 4) is 11.5 Å². The lowest BCUT2D eigenvalue weighted by Crippen LogP contribution is -2.54. The molecule has 0 fully saturated rings. The minimum atomic E-state index is -1.25. The number of carbonyl (C=O) groups is 4. The summed E-state index contributed by atoms with van der Waals surface area (Å²) in [7, 11) is 0. The summed E-state index contributed by atoms with van der Waals surface area (Å²) in [6.45, 7) is 5.33. The molecule has 0 spiro atoms. The van der Waals surface area contributed by atoms with Crippen LogP contribution in [0.5, 0.6) is 11.5 Å². The van der Waals surface area contributed by atoms with E-state index >= 15 is 0 Å². The molecule has 0 aliphatic rings. The zero-order chi connectivity index (χ0) is 44.6. The Labute approximate surface area is 354 Å². The number of benzene rings is 2. The second-order valence-corrected chi connectivity index (χ2v) is 14.0. The number of aromatic nitrogens is 2. The highest BCUT2D eigenvalue weighted by atomic mass is 16.5. The minimum Gasteiger partial charge on any atom is -0.508 e. The summed E-state index contributed by atoms with van der Waals surface area (Å²) < 4.78 is 16.4. The van der Waals surface area contributed by atoms with Gasteiger partial charge in [-0.3, -0.25) is 24.6 Å². The van der Waals surface area contributed by atoms with Gasteiger partial charge >= 0.3 is 0 Å². The quantitative estimate of drug-likeness (QED) is 0.0247. The van der Waals surface area contributed by atoms with E-state index in [0.29, 0.717) is 64.6 Å². The number of nitrogens with zero attached hydrogens (tertiary/aromatic N) is 2. The van der Waals surface area contributed by atoms with Crippen molar-refractivity contribution < 1.29 is 43.6 Å². The normalized spacial score (nSPS) is 12.4. The molecule has 3 atom stereocenters. The topological polar surface area (TPSA) is 350 Å². The lowest BCUT2D eigenvalue weighted by atomic mass is 10.0. The van der Waals surface area contributed by atoms with Gasteiger partial charge < -0.3 is 73.9 Å². The molecule has 61 heavy (non-hydrogen) atoms. The Kier molecular flexibility index (Phi) is 21.5. The van der Waals surface area contributed by atoms with Crippen molar-refractivity contribution in [1.82, 2.24) is 36.6 Å². The first kappa shape index (κ1) is 49.1. The molecule has 1 heterocycles. The standard InChI is InChI=1S/C40H60N12O9/c1-25(23-26-6-10-28(53)11-7-26)48-38(57)32-34(42)52-33(35(43)51-32)39(58)49-30(5-2-15-47-40(44)45)37(56)50-31(24-27-8-12-29(54)13-9-27)36(55)46-16-4-18-60-20-22-61-21-19-59-17-3-14-41/h6-13,25,30-31,53-54H,2-5,14-24,41H2,1H3,(H2,42,52)(H2,43,51)(H,46,55)(H,48,57)(H,49,58)(H,50,56)(H4,44,45,47)/t25-,30+,31?/m1/s1. The van der Waals surface area contributed by atoms with Crippen LogP contribution in [0.15, 0.2) is 48.5 Å². The maximum Gasteiger partial charge on any atom is 0.274 e. The fourth-order valence-electron chi connectivity index (χ4n) is 5.73. The van der Waals surface area contributed by atoms with Gasteiger partial charge in [0.1, 0.15) is 23.6 Å². The molecule has 2 aromatic carbocycles. The second kappa shape index (κ2) is 26.7. The largest absolute Gasteiger partial charge is 0.508 e. The number of phenols is 2. The average Bonchev–Trinajstić information content (AvgIpc) is 3.22. The van der Waals surface area contributed by atoms with Gasteiger partial charge in [-0.2, -0.15) is 0 Å². The minimum absolute atomic E-state index is 0.0221. The molecule has 3 rings (SSSR count). The van der Waals surface area contributed by atoms with Gasteiger partial charge in [-0.25, -0.2) is 9.97 Å². The highest BCUT2D eigenvalue weighted by Gasteiger charge is 2.29. The number of aromatic hydroxyl groups is 2. The van der Waals surface area contributed by atoms with Crippen LogP contribution in [0.4, 0.5) is 11.6 Å². The number of guanidine groups is 1. The number of nitrogens with one attached hydrogen (secondary N) is 6. The van der Waals surface area contributed by atoms with Gasteiger partial charge in [0.15, 0.2) is 29.0 Å². The number of phenolic OH excluding ortho intramolecular Hbond substituents is 2. The van der Waals surface area contributed by atoms with Gasteiger partial charge in [0.25, 0.3) is 11.8 Å². The molecular formula is C40H60N12O9. The lowest BCUT2D eigenvalue weighted by molar-refractivity contribution is -0.130. The van der Waals surface area contributed by atoms with Crippen molar-refractivity contribution in [2.45, 2.75) is 63.6 Å². The fourth-order valence-corrected chi connectivity index (χ4v) is 5.73. The molecule has 16 N–H and O–H groups in total. The first-order valence-corrected chi connectivity index (χ1v) is 20.0. The monoisotopic (exact) mass is 852 g/mol. The van der Waals surface area contributed by atoms with Crippen molar-refractivity contribution in [2.75, 3.05) is 70.7 Å². The van der Waals surface area contributed by atoms with E-state index in [2.05, 4.69) is 36.6 Å². The third-order valence-corrected chi connectivity index (χ3v) is 8.85. The van der Waals surface area contributed by atoms with Crippen LogP contribution in [0, 0.1) is 5.41 Å². The number of ether oxygens (including phenoxy) is 3. The van der Waals surface area contributed by atoms with E-state index < -0.39 is 47.2 Å². The molecule has 21 heteroatoms. The van der Waals surface area contributed by atoms with Crippen LogP contribution in [0.3, 0.4) is 0 Å². The third-order valence-electron chi connectivity index (χ3n) is 8.85. The molecule has 0 radical (unpaired) electrons. The molecule has 0 saturated heterocycles. The Morgan fingerprint density at radius 3 is 1.69 bits per heavy atom. The predicted octanol–water partition coefficient (Wildman–Crippen LogP) is -0.593. The molecule has 0 bridgehead atoms. The summed E-state index contributed by atoms with van der Waals surface area (Å²) in [5.74, 6) is -3.79. The highest BCUT2D eigenvalue weighted by Crippen LogP contribution is 2.16. The summed E-state index contributed by atoms with van der Waals surface area (Å²) in [5.41, 5.74) is 23.8. The van der Waals surface area contributed by atoms with Crippen LogP contribution < -0.4 is 49.5 Å². The zero-order valence-electron chi connectivity index (χ0n) is 34.4. The van der Waals surface area contributed by atoms with Crippen LogP contribution in [-0.2, 0) is 36.6 Å². The second-order valence-electron chi connectivity index (χ2n) is 14.0. The van der Waals surface area contributed by atoms with Gasteiger partial charge in [0, 0.05) is 38.8 Å². The van der Waals surface area contributed by atoms with Crippen molar-refractivity contribution in [2.24, 2.45) is 11.5 Å². The molecule has 334 valence electrons. The van der Waals surface area contributed by atoms with Gasteiger partial charge in [-0.15, -0.1) is 0 Å². The summed E-state index contributed by atoms with van der Waals surface area (Å²) in [5, 5.41) is 40.3. The zero-order valence-corrected chi connectivity index (χ0v) is 34.4. The van der Waals surface area contributed by atoms with E-state index in [1.165, 1.54) is 24.3 Å². The van der Waals surface area contributed by atoms with Crippen molar-refractivity contribution >= 4 is 41.2 Å². The molecule has 4 amide bonds. The van der Waals surface area contributed by atoms with Crippen LogP contribution in [0.25, 0.3) is 0 Å². The van der Waals surface area contributed by atoms with E-state index in [0.717, 1.165) is 12.0 Å². The van der Waals surface area contributed by atoms with Crippen molar-refractivity contribution in [1.29, 1.82) is 5.41 Å². The average molecular weight is 853 g/mol. The fraction of sp³-hybridized carbons (Fsp3) is 0.475. The summed E-state index contributed by atoms with van der Waals surface area (Å²) in [6.07, 6.45) is 2.01. The van der Waals surface area contributed by atoms with Crippen molar-refractivity contribution in [3.63, 3.8) is 0 Å². The molecule has 0 aliphatic heterocycles. The van der Waals surface area contributed by atoms with E-state index in [4.69, 9.17) is 42.6 Å². The van der Waals surface area contributed by atoms with Crippen LogP contribution in [-0.4, -0.2) is 127 Å². The molecular weight excluding hydrogens is 793 g/mol. The molecule has 1 unspecified atom stereocenters. The number of amides is 4. The van der Waals surface area contributed by atoms with Crippen LogP contribution in [0.1, 0.15) is 64.7 Å². The summed E-state index contributed by atoms with van der Waals surface area (Å²) >= 11 is 0. The van der Waals surface area contributed by atoms with Crippen LogP contribution >= 0.6 is 0 Å². The van der Waals surface area contributed by atoms with E-state index in [-0.39, 0.29) is 67.4 Å². The Morgan fingerprint density at radius 1 is 0.656 bits per heavy atom. The Morgan fingerprint density at radius 2 is 1.15 bits per heavy atom. The summed E-state index contributed by atoms with van der Waals surface area (Å²) in [4.78, 5) is 62.2. The smallest absolute Gasteiger partial charge is 0.274 e. The van der Waals surface area contributed by atoms with Crippen LogP contribution in [0.2, 0.25) is 0 Å². The molecule has 21 nitrogen and oxygen atoms in total. The van der Waals surface area contributed by atoms with Gasteiger partial charge in [-0.1, -0.05) is 24.3 Å². The Hall–Kier alpha value is -6.29. The Balaban J connectivity index is 1.66.